The Kier molecular flexibility index (Phi) is 2.08. The van der Waals surface area contributed by atoms with Gasteiger partial charge in [-0.1, -0.05) is 0 Å². The Hall–Kier alpha value is -0.890. The van der Waals surface area contributed by atoms with Crippen LogP contribution in [0.1, 0.15) is 22.5 Å². The molecule has 1 aromatic heterocycles. The Morgan fingerprint density at radius 3 is 2.92 bits per heavy atom. The minimum Gasteiger partial charge on any atom is -0.300 e. The lowest BCUT2D eigenvalue weighted by Crippen LogP contribution is -2.28. The number of aromatic nitrogens is 1. The van der Waals surface area contributed by atoms with Crippen LogP contribution in [0, 0.1) is 13.8 Å². The summed E-state index contributed by atoms with van der Waals surface area (Å²) in [5.41, 5.74) is 5.32. The molecule has 2 heteroatoms. The summed E-state index contributed by atoms with van der Waals surface area (Å²) in [6.45, 7) is 6.44. The van der Waals surface area contributed by atoms with Gasteiger partial charge in [0.15, 0.2) is 0 Å². The lowest BCUT2D eigenvalue weighted by atomic mass is 10.00. The van der Waals surface area contributed by atoms with Crippen LogP contribution in [0.5, 0.6) is 0 Å². The molecule has 1 aliphatic rings. The quantitative estimate of drug-likeness (QED) is 0.598. The Balaban J connectivity index is 2.47. The van der Waals surface area contributed by atoms with Crippen LogP contribution in [0.15, 0.2) is 6.07 Å². The van der Waals surface area contributed by atoms with Crippen molar-refractivity contribution in [2.45, 2.75) is 26.8 Å². The van der Waals surface area contributed by atoms with Gasteiger partial charge in [-0.15, -0.1) is 0 Å². The van der Waals surface area contributed by atoms with Gasteiger partial charge in [0.25, 0.3) is 0 Å². The fraction of sp³-hybridized carbons (Fsp3) is 0.545. The van der Waals surface area contributed by atoms with Gasteiger partial charge in [0, 0.05) is 18.8 Å². The number of aryl methyl sites for hydroxylation is 2. The molecule has 0 unspecified atom stereocenters. The minimum absolute atomic E-state index is 1.01. The first kappa shape index (κ1) is 8.70. The average Bonchev–Trinajstić information content (AvgIpc) is 2.02. The van der Waals surface area contributed by atoms with E-state index in [1.165, 1.54) is 23.4 Å². The van der Waals surface area contributed by atoms with Gasteiger partial charge in [-0.2, -0.15) is 0 Å². The van der Waals surface area contributed by atoms with Crippen molar-refractivity contribution in [1.29, 1.82) is 0 Å². The summed E-state index contributed by atoms with van der Waals surface area (Å²) in [6, 6.07) is 2.18. The molecule has 1 aromatic rings. The monoisotopic (exact) mass is 176 g/mol. The van der Waals surface area contributed by atoms with Gasteiger partial charge in [0.2, 0.25) is 0 Å². The number of hydrogen-bond acceptors (Lipinski definition) is 2. The Morgan fingerprint density at radius 2 is 2.15 bits per heavy atom. The molecule has 70 valence electrons. The summed E-state index contributed by atoms with van der Waals surface area (Å²) in [5.74, 6) is 0. The average molecular weight is 176 g/mol. The molecular formula is C11H16N2. The third kappa shape index (κ3) is 1.59. The van der Waals surface area contributed by atoms with E-state index in [1.54, 1.807) is 0 Å². The molecule has 2 heterocycles. The van der Waals surface area contributed by atoms with Crippen LogP contribution in [0.3, 0.4) is 0 Å². The van der Waals surface area contributed by atoms with Gasteiger partial charge in [0.05, 0.1) is 5.69 Å². The van der Waals surface area contributed by atoms with Crippen molar-refractivity contribution < 1.29 is 0 Å². The summed E-state index contributed by atoms with van der Waals surface area (Å²) in [7, 11) is 2.16. The van der Waals surface area contributed by atoms with Gasteiger partial charge in [0.1, 0.15) is 0 Å². The van der Waals surface area contributed by atoms with Crippen molar-refractivity contribution in [1.82, 2.24) is 9.88 Å². The van der Waals surface area contributed by atoms with E-state index in [4.69, 9.17) is 0 Å². The predicted octanol–water partition coefficient (Wildman–Crippen LogP) is 1.69. The predicted molar refractivity (Wildman–Crippen MR) is 53.7 cm³/mol. The molecule has 1 aliphatic heterocycles. The maximum absolute atomic E-state index is 4.58. The Morgan fingerprint density at radius 1 is 1.38 bits per heavy atom. The molecular weight excluding hydrogens is 160 g/mol. The smallest absolute Gasteiger partial charge is 0.0582 e. The van der Waals surface area contributed by atoms with Gasteiger partial charge >= 0.3 is 0 Å². The van der Waals surface area contributed by atoms with Crippen molar-refractivity contribution in [3.8, 4) is 0 Å². The molecule has 0 aromatic carbocycles. The van der Waals surface area contributed by atoms with Crippen molar-refractivity contribution in [3.63, 3.8) is 0 Å². The van der Waals surface area contributed by atoms with E-state index in [9.17, 15) is 0 Å². The number of nitrogens with zero attached hydrogens (tertiary/aromatic N) is 2. The minimum atomic E-state index is 1.01. The molecule has 2 nitrogen and oxygen atoms in total. The van der Waals surface area contributed by atoms with E-state index in [2.05, 4.69) is 36.8 Å². The van der Waals surface area contributed by atoms with Crippen LogP contribution < -0.4 is 0 Å². The molecule has 0 bridgehead atoms. The Labute approximate surface area is 79.6 Å². The van der Waals surface area contributed by atoms with E-state index < -0.39 is 0 Å². The second-order valence-electron chi connectivity index (χ2n) is 3.99. The lowest BCUT2D eigenvalue weighted by molar-refractivity contribution is 0.307. The van der Waals surface area contributed by atoms with Crippen LogP contribution in [0.4, 0.5) is 0 Å². The molecule has 0 aliphatic carbocycles. The van der Waals surface area contributed by atoms with Crippen LogP contribution >= 0.6 is 0 Å². The largest absolute Gasteiger partial charge is 0.300 e. The van der Waals surface area contributed by atoms with E-state index in [0.717, 1.165) is 18.7 Å². The van der Waals surface area contributed by atoms with Crippen molar-refractivity contribution in [2.75, 3.05) is 13.6 Å². The van der Waals surface area contributed by atoms with Gasteiger partial charge in [-0.05, 0) is 44.5 Å². The van der Waals surface area contributed by atoms with Crippen LogP contribution in [-0.2, 0) is 13.0 Å². The maximum atomic E-state index is 4.58. The van der Waals surface area contributed by atoms with E-state index >= 15 is 0 Å². The number of hydrogen-bond donors (Lipinski definition) is 0. The lowest BCUT2D eigenvalue weighted by Gasteiger charge is -2.25. The highest BCUT2D eigenvalue weighted by atomic mass is 15.1. The molecule has 0 amide bonds. The molecule has 2 rings (SSSR count). The summed E-state index contributed by atoms with van der Waals surface area (Å²) in [6.07, 6.45) is 1.16. The number of likely N-dealkylation sites (N-methyl/N-ethyl adjacent to an activating group) is 1. The van der Waals surface area contributed by atoms with Crippen LogP contribution in [0.2, 0.25) is 0 Å². The third-order valence-corrected chi connectivity index (χ3v) is 2.72. The van der Waals surface area contributed by atoms with E-state index in [1.807, 2.05) is 0 Å². The van der Waals surface area contributed by atoms with E-state index in [0.29, 0.717) is 0 Å². The normalized spacial score (nSPS) is 17.2. The van der Waals surface area contributed by atoms with Crippen molar-refractivity contribution >= 4 is 0 Å². The fourth-order valence-electron chi connectivity index (χ4n) is 2.05. The number of fused-ring (bicyclic) bond motifs is 1. The standard InChI is InChI=1S/C11H16N2/c1-8-6-9(2)12-11-7-13(3)5-4-10(8)11/h6H,4-5,7H2,1-3H3. The van der Waals surface area contributed by atoms with Gasteiger partial charge in [-0.3, -0.25) is 4.98 Å². The highest BCUT2D eigenvalue weighted by Gasteiger charge is 2.16. The van der Waals surface area contributed by atoms with Crippen LogP contribution in [0.25, 0.3) is 0 Å². The van der Waals surface area contributed by atoms with Gasteiger partial charge in [-0.25, -0.2) is 0 Å². The fourth-order valence-corrected chi connectivity index (χ4v) is 2.05. The molecule has 0 N–H and O–H groups in total. The number of rotatable bonds is 0. The van der Waals surface area contributed by atoms with E-state index in [-0.39, 0.29) is 0 Å². The zero-order valence-electron chi connectivity index (χ0n) is 8.59. The first-order chi connectivity index (χ1) is 6.16. The highest BCUT2D eigenvalue weighted by Crippen LogP contribution is 2.20. The molecule has 0 atom stereocenters. The third-order valence-electron chi connectivity index (χ3n) is 2.72. The molecule has 0 saturated carbocycles. The zero-order chi connectivity index (χ0) is 9.42. The second-order valence-corrected chi connectivity index (χ2v) is 3.99. The second kappa shape index (κ2) is 3.11. The zero-order valence-corrected chi connectivity index (χ0v) is 8.59. The molecule has 0 radical (unpaired) electrons. The summed E-state index contributed by atoms with van der Waals surface area (Å²) >= 11 is 0. The van der Waals surface area contributed by atoms with Crippen molar-refractivity contribution in [2.24, 2.45) is 0 Å². The van der Waals surface area contributed by atoms with Crippen molar-refractivity contribution in [3.05, 3.63) is 28.6 Å². The highest BCUT2D eigenvalue weighted by molar-refractivity contribution is 5.33. The summed E-state index contributed by atoms with van der Waals surface area (Å²) < 4.78 is 0. The summed E-state index contributed by atoms with van der Waals surface area (Å²) in [4.78, 5) is 6.91. The summed E-state index contributed by atoms with van der Waals surface area (Å²) in [5, 5.41) is 0. The number of pyridine rings is 1. The Bertz CT molecular complexity index is 331. The van der Waals surface area contributed by atoms with Gasteiger partial charge < -0.3 is 4.90 Å². The molecule has 0 fully saturated rings. The molecule has 13 heavy (non-hydrogen) atoms. The topological polar surface area (TPSA) is 16.1 Å². The first-order valence-electron chi connectivity index (χ1n) is 4.81. The molecule has 0 saturated heterocycles. The molecule has 0 spiro atoms. The maximum Gasteiger partial charge on any atom is 0.0582 e. The SMILES string of the molecule is Cc1cc(C)c2c(n1)CN(C)CC2. The van der Waals surface area contributed by atoms with Crippen LogP contribution in [-0.4, -0.2) is 23.5 Å². The first-order valence-corrected chi connectivity index (χ1v) is 4.81.